The van der Waals surface area contributed by atoms with Crippen LogP contribution in [0.5, 0.6) is 0 Å². The molecule has 3 aromatic rings. The molecule has 0 aromatic heterocycles. The fourth-order valence-corrected chi connectivity index (χ4v) is 3.49. The van der Waals surface area contributed by atoms with Gasteiger partial charge in [-0.15, -0.1) is 0 Å². The molecule has 128 valence electrons. The second-order valence-corrected chi connectivity index (χ2v) is 6.25. The van der Waals surface area contributed by atoms with Gasteiger partial charge in [-0.05, 0) is 34.0 Å². The summed E-state index contributed by atoms with van der Waals surface area (Å²) in [5.41, 5.74) is 2.06. The van der Waals surface area contributed by atoms with Gasteiger partial charge in [0.1, 0.15) is 6.10 Å². The highest BCUT2D eigenvalue weighted by molar-refractivity contribution is 5.95. The Labute approximate surface area is 149 Å². The first-order valence-corrected chi connectivity index (χ1v) is 8.18. The van der Waals surface area contributed by atoms with Crippen LogP contribution >= 0.6 is 0 Å². The molecule has 1 aliphatic rings. The van der Waals surface area contributed by atoms with Crippen molar-refractivity contribution in [3.63, 3.8) is 0 Å². The number of nitro groups is 1. The predicted molar refractivity (Wildman–Crippen MR) is 97.8 cm³/mol. The van der Waals surface area contributed by atoms with E-state index in [1.165, 1.54) is 12.1 Å². The minimum absolute atomic E-state index is 0.00129. The topological polar surface area (TPSA) is 69.4 Å². The van der Waals surface area contributed by atoms with Crippen LogP contribution in [0.15, 0.2) is 78.9 Å². The minimum atomic E-state index is -0.554. The summed E-state index contributed by atoms with van der Waals surface area (Å²) in [5.74, 6) is -0.777. The molecule has 5 nitrogen and oxygen atoms in total. The van der Waals surface area contributed by atoms with Crippen molar-refractivity contribution in [2.75, 3.05) is 0 Å². The molecular formula is C21H15NO4. The molecule has 0 unspecified atom stereocenters. The van der Waals surface area contributed by atoms with E-state index in [9.17, 15) is 14.9 Å². The van der Waals surface area contributed by atoms with Gasteiger partial charge < -0.3 is 4.74 Å². The van der Waals surface area contributed by atoms with Crippen molar-refractivity contribution in [3.8, 4) is 0 Å². The van der Waals surface area contributed by atoms with E-state index < -0.39 is 17.0 Å². The maximum absolute atomic E-state index is 12.2. The predicted octanol–water partition coefficient (Wildman–Crippen LogP) is 4.69. The molecule has 0 saturated carbocycles. The number of hydrogen-bond donors (Lipinski definition) is 0. The van der Waals surface area contributed by atoms with Gasteiger partial charge in [-0.2, -0.15) is 0 Å². The van der Waals surface area contributed by atoms with Crippen LogP contribution in [0.2, 0.25) is 0 Å². The molecule has 0 aliphatic carbocycles. The van der Waals surface area contributed by atoms with Crippen molar-refractivity contribution in [2.24, 2.45) is 0 Å². The molecule has 0 bridgehead atoms. The number of nitro benzene ring substituents is 1. The Bertz CT molecular complexity index is 1030. The summed E-state index contributed by atoms with van der Waals surface area (Å²) in [4.78, 5) is 22.6. The molecule has 0 radical (unpaired) electrons. The highest BCUT2D eigenvalue weighted by Gasteiger charge is 2.41. The summed E-state index contributed by atoms with van der Waals surface area (Å²) in [6, 6.07) is 20.0. The largest absolute Gasteiger partial charge is 0.453 e. The van der Waals surface area contributed by atoms with Crippen LogP contribution in [0, 0.1) is 10.1 Å². The van der Waals surface area contributed by atoms with Gasteiger partial charge in [0.2, 0.25) is 0 Å². The van der Waals surface area contributed by atoms with Crippen LogP contribution in [0.3, 0.4) is 0 Å². The first kappa shape index (κ1) is 16.0. The number of rotatable bonds is 3. The molecule has 0 amide bonds. The van der Waals surface area contributed by atoms with E-state index in [0.29, 0.717) is 11.1 Å². The summed E-state index contributed by atoms with van der Waals surface area (Å²) >= 11 is 0. The first-order valence-electron chi connectivity index (χ1n) is 8.18. The van der Waals surface area contributed by atoms with Crippen LogP contribution in [-0.2, 0) is 9.53 Å². The molecular weight excluding hydrogens is 330 g/mol. The summed E-state index contributed by atoms with van der Waals surface area (Å²) in [5, 5.41) is 13.0. The van der Waals surface area contributed by atoms with E-state index in [2.05, 4.69) is 6.58 Å². The normalized spacial score (nSPS) is 19.5. The third-order valence-electron chi connectivity index (χ3n) is 4.77. The Hall–Kier alpha value is -3.47. The SMILES string of the molecule is C=C1C(=O)O[C@@H](c2ccc([N+](=O)[O-])cc2)[C@H]1c1cccc2ccccc12. The number of ether oxygens (including phenoxy) is 1. The fourth-order valence-electron chi connectivity index (χ4n) is 3.49. The molecule has 1 aliphatic heterocycles. The van der Waals surface area contributed by atoms with E-state index in [-0.39, 0.29) is 11.6 Å². The number of nitrogens with zero attached hydrogens (tertiary/aromatic N) is 1. The molecule has 0 N–H and O–H groups in total. The number of esters is 1. The zero-order valence-corrected chi connectivity index (χ0v) is 13.8. The quantitative estimate of drug-likeness (QED) is 0.299. The Morgan fingerprint density at radius 2 is 1.65 bits per heavy atom. The van der Waals surface area contributed by atoms with Gasteiger partial charge in [-0.25, -0.2) is 4.79 Å². The van der Waals surface area contributed by atoms with Crippen molar-refractivity contribution in [2.45, 2.75) is 12.0 Å². The van der Waals surface area contributed by atoms with Crippen LogP contribution in [-0.4, -0.2) is 10.9 Å². The second kappa shape index (κ2) is 6.11. The Balaban J connectivity index is 1.83. The molecule has 5 heteroatoms. The number of fused-ring (bicyclic) bond motifs is 1. The van der Waals surface area contributed by atoms with E-state index in [1.807, 2.05) is 42.5 Å². The number of non-ortho nitro benzene ring substituents is 1. The van der Waals surface area contributed by atoms with Crippen molar-refractivity contribution in [1.82, 2.24) is 0 Å². The second-order valence-electron chi connectivity index (χ2n) is 6.25. The zero-order chi connectivity index (χ0) is 18.3. The van der Waals surface area contributed by atoms with Crippen molar-refractivity contribution in [3.05, 3.63) is 100 Å². The van der Waals surface area contributed by atoms with E-state index in [4.69, 9.17) is 4.74 Å². The summed E-state index contributed by atoms with van der Waals surface area (Å²) in [6.07, 6.45) is -0.554. The molecule has 26 heavy (non-hydrogen) atoms. The lowest BCUT2D eigenvalue weighted by Gasteiger charge is -2.20. The van der Waals surface area contributed by atoms with Gasteiger partial charge in [0.25, 0.3) is 5.69 Å². The Kier molecular flexibility index (Phi) is 3.77. The lowest BCUT2D eigenvalue weighted by atomic mass is 9.83. The number of hydrogen-bond acceptors (Lipinski definition) is 4. The number of carbonyl (C=O) groups is 1. The van der Waals surface area contributed by atoms with Gasteiger partial charge in [-0.3, -0.25) is 10.1 Å². The number of benzene rings is 3. The molecule has 0 spiro atoms. The molecule has 3 aromatic carbocycles. The monoisotopic (exact) mass is 345 g/mol. The molecule has 1 heterocycles. The van der Waals surface area contributed by atoms with E-state index in [1.54, 1.807) is 12.1 Å². The summed E-state index contributed by atoms with van der Waals surface area (Å²) < 4.78 is 5.57. The van der Waals surface area contributed by atoms with Crippen LogP contribution in [0.25, 0.3) is 10.8 Å². The molecule has 2 atom stereocenters. The number of carbonyl (C=O) groups excluding carboxylic acids is 1. The fraction of sp³-hybridized carbons (Fsp3) is 0.0952. The van der Waals surface area contributed by atoms with Gasteiger partial charge in [0.15, 0.2) is 0 Å². The van der Waals surface area contributed by atoms with E-state index >= 15 is 0 Å². The highest BCUT2D eigenvalue weighted by Crippen LogP contribution is 2.47. The van der Waals surface area contributed by atoms with Gasteiger partial charge in [0, 0.05) is 17.7 Å². The number of cyclic esters (lactones) is 1. The highest BCUT2D eigenvalue weighted by atomic mass is 16.6. The van der Waals surface area contributed by atoms with Crippen LogP contribution < -0.4 is 0 Å². The third kappa shape index (κ3) is 2.54. The van der Waals surface area contributed by atoms with Gasteiger partial charge in [-0.1, -0.05) is 49.0 Å². The average Bonchev–Trinajstić information content (AvgIpc) is 2.96. The minimum Gasteiger partial charge on any atom is -0.453 e. The average molecular weight is 345 g/mol. The lowest BCUT2D eigenvalue weighted by molar-refractivity contribution is -0.384. The lowest BCUT2D eigenvalue weighted by Crippen LogP contribution is -2.08. The molecule has 1 saturated heterocycles. The molecule has 1 fully saturated rings. The molecule has 4 rings (SSSR count). The van der Waals surface area contributed by atoms with E-state index in [0.717, 1.165) is 16.3 Å². The Morgan fingerprint density at radius 1 is 0.962 bits per heavy atom. The van der Waals surface area contributed by atoms with Crippen molar-refractivity contribution >= 4 is 22.4 Å². The van der Waals surface area contributed by atoms with Gasteiger partial charge in [0.05, 0.1) is 10.8 Å². The maximum atomic E-state index is 12.2. The van der Waals surface area contributed by atoms with Gasteiger partial charge >= 0.3 is 5.97 Å². The zero-order valence-electron chi connectivity index (χ0n) is 13.8. The third-order valence-corrected chi connectivity index (χ3v) is 4.77. The van der Waals surface area contributed by atoms with Crippen LogP contribution in [0.4, 0.5) is 5.69 Å². The summed E-state index contributed by atoms with van der Waals surface area (Å²) in [6.45, 7) is 3.94. The van der Waals surface area contributed by atoms with Crippen LogP contribution in [0.1, 0.15) is 23.1 Å². The van der Waals surface area contributed by atoms with Crippen molar-refractivity contribution < 1.29 is 14.5 Å². The summed E-state index contributed by atoms with van der Waals surface area (Å²) in [7, 11) is 0. The van der Waals surface area contributed by atoms with Crippen molar-refractivity contribution in [1.29, 1.82) is 0 Å². The smallest absolute Gasteiger partial charge is 0.334 e. The first-order chi connectivity index (χ1) is 12.6. The Morgan fingerprint density at radius 3 is 2.38 bits per heavy atom. The standard InChI is InChI=1S/C21H15NO4/c1-13-19(18-8-4-6-14-5-2-3-7-17(14)18)20(26-21(13)23)15-9-11-16(12-10-15)22(24)25/h2-12,19-20H,1H2/t19-,20+/m1/s1. The maximum Gasteiger partial charge on any atom is 0.334 e.